The van der Waals surface area contributed by atoms with E-state index in [0.717, 1.165) is 17.2 Å². The number of benzene rings is 3. The van der Waals surface area contributed by atoms with Gasteiger partial charge in [-0.3, -0.25) is 5.10 Å². The first-order chi connectivity index (χ1) is 20.0. The Hall–Kier alpha value is -4.24. The molecule has 2 aromatic heterocycles. The van der Waals surface area contributed by atoms with Crippen molar-refractivity contribution in [2.24, 2.45) is 0 Å². The zero-order valence-corrected chi connectivity index (χ0v) is 22.8. The van der Waals surface area contributed by atoms with Crippen molar-refractivity contribution in [3.8, 4) is 16.9 Å². The number of rotatable bonds is 7. The molecule has 5 aromatic rings. The lowest BCUT2D eigenvalue weighted by atomic mass is 9.97. The van der Waals surface area contributed by atoms with Crippen molar-refractivity contribution in [3.05, 3.63) is 82.8 Å². The lowest BCUT2D eigenvalue weighted by molar-refractivity contribution is 0.0683. The number of halogens is 2. The fraction of sp³-hybridized carbons (Fsp3) is 0.312. The van der Waals surface area contributed by atoms with Crippen LogP contribution in [0, 0.1) is 11.6 Å². The van der Waals surface area contributed by atoms with Gasteiger partial charge in [0.25, 0.3) is 0 Å². The number of aryl methyl sites for hydroxylation is 3. The minimum absolute atomic E-state index is 0.177. The van der Waals surface area contributed by atoms with E-state index >= 15 is 4.39 Å². The van der Waals surface area contributed by atoms with Crippen LogP contribution in [0.4, 0.5) is 8.78 Å². The third-order valence-corrected chi connectivity index (χ3v) is 7.78. The lowest BCUT2D eigenvalue weighted by Gasteiger charge is -2.13. The topological polar surface area (TPSA) is 89.4 Å². The van der Waals surface area contributed by atoms with Gasteiger partial charge in [0.05, 0.1) is 30.1 Å². The second-order valence-electron chi connectivity index (χ2n) is 10.3. The highest BCUT2D eigenvalue weighted by molar-refractivity contribution is 6.04. The number of fused-ring (bicyclic) bond motifs is 3. The predicted molar refractivity (Wildman–Crippen MR) is 152 cm³/mol. The van der Waals surface area contributed by atoms with Crippen LogP contribution in [0.5, 0.6) is 5.75 Å². The van der Waals surface area contributed by atoms with Crippen molar-refractivity contribution in [2.75, 3.05) is 13.2 Å². The number of aromatic carboxylic acids is 1. The van der Waals surface area contributed by atoms with Gasteiger partial charge in [-0.05, 0) is 79.5 Å². The van der Waals surface area contributed by atoms with Crippen molar-refractivity contribution in [3.63, 3.8) is 0 Å². The smallest absolute Gasteiger partial charge is 0.352 e. The number of hydrogen-bond donors (Lipinski definition) is 2. The Morgan fingerprint density at radius 2 is 1.98 bits per heavy atom. The summed E-state index contributed by atoms with van der Waals surface area (Å²) in [5, 5.41) is 20.2. The molecule has 0 unspecified atom stereocenters. The maximum atomic E-state index is 15.8. The van der Waals surface area contributed by atoms with Gasteiger partial charge in [0, 0.05) is 35.1 Å². The van der Waals surface area contributed by atoms with Gasteiger partial charge in [-0.25, -0.2) is 13.6 Å². The molecule has 9 heteroatoms. The zero-order chi connectivity index (χ0) is 28.5. The Morgan fingerprint density at radius 1 is 1.12 bits per heavy atom. The van der Waals surface area contributed by atoms with Gasteiger partial charge in [-0.2, -0.15) is 5.10 Å². The molecule has 0 radical (unpaired) electrons. The minimum atomic E-state index is -1.05. The molecule has 1 aliphatic heterocycles. The normalized spacial score (nSPS) is 13.7. The quantitative estimate of drug-likeness (QED) is 0.209. The number of ether oxygens (including phenoxy) is 2. The van der Waals surface area contributed by atoms with Crippen molar-refractivity contribution < 1.29 is 28.2 Å². The Labute approximate surface area is 235 Å². The van der Waals surface area contributed by atoms with E-state index in [1.807, 2.05) is 25.1 Å². The standard InChI is InChI=1S/C32H31F2N3O4/c1-2-25-29-26(36-35-25)18-40-15-4-3-14-37-30-23(12-13-24(34)28(29)30)22(31(37)32(38)39)8-6-16-41-27-9-5-7-19-17-20(33)10-11-21(19)27/h5,7,9-13,17H,2-4,6,8,14-16,18H2,1H3,(H,35,36)(H,38,39). The number of aromatic nitrogens is 3. The number of H-pyrrole nitrogens is 1. The van der Waals surface area contributed by atoms with Crippen molar-refractivity contribution >= 4 is 27.6 Å². The van der Waals surface area contributed by atoms with E-state index in [-0.39, 0.29) is 18.1 Å². The molecule has 3 aromatic carbocycles. The summed E-state index contributed by atoms with van der Waals surface area (Å²) in [5.41, 5.74) is 3.82. The molecule has 0 spiro atoms. The molecule has 6 rings (SSSR count). The fourth-order valence-electron chi connectivity index (χ4n) is 5.96. The molecule has 3 heterocycles. The number of nitrogens with one attached hydrogen (secondary N) is 1. The minimum Gasteiger partial charge on any atom is -0.493 e. The Kier molecular flexibility index (Phi) is 7.45. The molecule has 0 atom stereocenters. The average molecular weight is 560 g/mol. The van der Waals surface area contributed by atoms with Crippen LogP contribution < -0.4 is 4.74 Å². The van der Waals surface area contributed by atoms with Crippen LogP contribution in [-0.2, 0) is 30.7 Å². The summed E-state index contributed by atoms with van der Waals surface area (Å²) in [6.07, 6.45) is 2.98. The molecule has 7 nitrogen and oxygen atoms in total. The van der Waals surface area contributed by atoms with Crippen molar-refractivity contribution in [1.29, 1.82) is 0 Å². The van der Waals surface area contributed by atoms with Crippen LogP contribution in [0.2, 0.25) is 0 Å². The molecule has 212 valence electrons. The second kappa shape index (κ2) is 11.3. The summed E-state index contributed by atoms with van der Waals surface area (Å²) < 4.78 is 43.1. The summed E-state index contributed by atoms with van der Waals surface area (Å²) >= 11 is 0. The van der Waals surface area contributed by atoms with Gasteiger partial charge >= 0.3 is 5.97 Å². The summed E-state index contributed by atoms with van der Waals surface area (Å²) in [7, 11) is 0. The van der Waals surface area contributed by atoms with Gasteiger partial charge in [0.2, 0.25) is 0 Å². The van der Waals surface area contributed by atoms with E-state index in [1.54, 1.807) is 16.7 Å². The maximum absolute atomic E-state index is 15.8. The molecule has 0 saturated heterocycles. The number of nitrogens with zero attached hydrogens (tertiary/aromatic N) is 2. The predicted octanol–water partition coefficient (Wildman–Crippen LogP) is 7.05. The molecular weight excluding hydrogens is 528 g/mol. The molecule has 0 bridgehead atoms. The van der Waals surface area contributed by atoms with Crippen molar-refractivity contribution in [1.82, 2.24) is 14.8 Å². The van der Waals surface area contributed by atoms with Gasteiger partial charge < -0.3 is 19.1 Å². The van der Waals surface area contributed by atoms with Gasteiger partial charge in [-0.15, -0.1) is 0 Å². The maximum Gasteiger partial charge on any atom is 0.352 e. The molecule has 0 aliphatic carbocycles. The summed E-state index contributed by atoms with van der Waals surface area (Å²) in [4.78, 5) is 12.7. The van der Waals surface area contributed by atoms with E-state index in [2.05, 4.69) is 10.2 Å². The number of carboxylic acid groups (broad SMARTS) is 1. The largest absolute Gasteiger partial charge is 0.493 e. The fourth-order valence-corrected chi connectivity index (χ4v) is 5.96. The molecule has 0 fully saturated rings. The zero-order valence-electron chi connectivity index (χ0n) is 22.8. The Balaban J connectivity index is 1.40. The van der Waals surface area contributed by atoms with Gasteiger partial charge in [-0.1, -0.05) is 19.1 Å². The highest BCUT2D eigenvalue weighted by Gasteiger charge is 2.29. The highest BCUT2D eigenvalue weighted by atomic mass is 19.1. The molecular formula is C32H31F2N3O4. The van der Waals surface area contributed by atoms with Crippen LogP contribution in [-0.4, -0.2) is 39.1 Å². The van der Waals surface area contributed by atoms with E-state index in [1.165, 1.54) is 18.2 Å². The van der Waals surface area contributed by atoms with Crippen LogP contribution in [0.1, 0.15) is 53.6 Å². The van der Waals surface area contributed by atoms with Crippen molar-refractivity contribution in [2.45, 2.75) is 52.2 Å². The number of aromatic amines is 1. The number of carboxylic acids is 1. The Bertz CT molecular complexity index is 1760. The van der Waals surface area contributed by atoms with E-state index in [4.69, 9.17) is 9.47 Å². The molecule has 41 heavy (non-hydrogen) atoms. The number of carbonyl (C=O) groups is 1. The summed E-state index contributed by atoms with van der Waals surface area (Å²) in [5.74, 6) is -1.14. The van der Waals surface area contributed by atoms with Gasteiger partial charge in [0.15, 0.2) is 0 Å². The molecule has 2 N–H and O–H groups in total. The van der Waals surface area contributed by atoms with Gasteiger partial charge in [0.1, 0.15) is 23.1 Å². The van der Waals surface area contributed by atoms with Crippen LogP contribution >= 0.6 is 0 Å². The molecule has 0 amide bonds. The molecule has 1 aliphatic rings. The first-order valence-corrected chi connectivity index (χ1v) is 14.0. The SMILES string of the molecule is CCc1n[nH]c2c1-c1c(F)ccc3c(CCCOc4cccc5cc(F)ccc45)c(C(=O)O)n(c13)CCCCOC2. The highest BCUT2D eigenvalue weighted by Crippen LogP contribution is 2.40. The van der Waals surface area contributed by atoms with Crippen LogP contribution in [0.15, 0.2) is 48.5 Å². The first-order valence-electron chi connectivity index (χ1n) is 14.0. The lowest BCUT2D eigenvalue weighted by Crippen LogP contribution is -2.12. The van der Waals surface area contributed by atoms with Crippen LogP contribution in [0.3, 0.4) is 0 Å². The average Bonchev–Trinajstić information content (AvgIpc) is 3.50. The third-order valence-electron chi connectivity index (χ3n) is 7.78. The Morgan fingerprint density at radius 3 is 2.80 bits per heavy atom. The van der Waals surface area contributed by atoms with E-state index in [0.29, 0.717) is 90.2 Å². The molecule has 0 saturated carbocycles. The monoisotopic (exact) mass is 559 g/mol. The second-order valence-corrected chi connectivity index (χ2v) is 10.3. The first kappa shape index (κ1) is 27.0. The summed E-state index contributed by atoms with van der Waals surface area (Å²) in [6, 6.07) is 13.2. The number of hydrogen-bond acceptors (Lipinski definition) is 4. The summed E-state index contributed by atoms with van der Waals surface area (Å²) in [6.45, 7) is 3.50. The third kappa shape index (κ3) is 4.95. The van der Waals surface area contributed by atoms with E-state index < -0.39 is 11.8 Å². The van der Waals surface area contributed by atoms with E-state index in [9.17, 15) is 14.3 Å². The van der Waals surface area contributed by atoms with Crippen LogP contribution in [0.25, 0.3) is 32.8 Å².